The van der Waals surface area contributed by atoms with Crippen LogP contribution in [0.3, 0.4) is 0 Å². The van der Waals surface area contributed by atoms with Crippen LogP contribution in [-0.2, 0) is 4.79 Å². The molecule has 1 amide bonds. The molecule has 0 spiro atoms. The molecule has 0 radical (unpaired) electrons. The van der Waals surface area contributed by atoms with Gasteiger partial charge in [-0.2, -0.15) is 0 Å². The van der Waals surface area contributed by atoms with Crippen LogP contribution in [0.2, 0.25) is 0 Å². The number of hydrogen-bond donors (Lipinski definition) is 3. The number of unbranched alkanes of at least 4 members (excludes halogenated alkanes) is 1. The molecular formula is C17H23N3O2. The van der Waals surface area contributed by atoms with Crippen molar-refractivity contribution in [1.82, 2.24) is 0 Å². The van der Waals surface area contributed by atoms with E-state index in [2.05, 4.69) is 5.32 Å². The SMILES string of the molecule is COc1cc(NC(=O)[C@@H](N)CCCCN)cc2ccccc12. The van der Waals surface area contributed by atoms with E-state index in [1.165, 1.54) is 0 Å². The van der Waals surface area contributed by atoms with Gasteiger partial charge in [-0.15, -0.1) is 0 Å². The third-order valence-electron chi connectivity index (χ3n) is 3.62. The molecular weight excluding hydrogens is 278 g/mol. The number of nitrogens with two attached hydrogens (primary N) is 2. The monoisotopic (exact) mass is 301 g/mol. The summed E-state index contributed by atoms with van der Waals surface area (Å²) in [6, 6.07) is 11.1. The predicted octanol–water partition coefficient (Wildman–Crippen LogP) is 2.24. The van der Waals surface area contributed by atoms with Crippen molar-refractivity contribution >= 4 is 22.4 Å². The highest BCUT2D eigenvalue weighted by Gasteiger charge is 2.14. The molecule has 0 bridgehead atoms. The summed E-state index contributed by atoms with van der Waals surface area (Å²) in [6.07, 6.45) is 2.37. The van der Waals surface area contributed by atoms with Crippen molar-refractivity contribution in [3.05, 3.63) is 36.4 Å². The number of hydrogen-bond acceptors (Lipinski definition) is 4. The number of nitrogens with one attached hydrogen (secondary N) is 1. The van der Waals surface area contributed by atoms with Crippen molar-refractivity contribution in [2.75, 3.05) is 19.0 Å². The van der Waals surface area contributed by atoms with E-state index in [0.29, 0.717) is 18.7 Å². The molecule has 2 rings (SSSR count). The number of amides is 1. The average Bonchev–Trinajstić information content (AvgIpc) is 2.54. The van der Waals surface area contributed by atoms with Crippen molar-refractivity contribution in [1.29, 1.82) is 0 Å². The Balaban J connectivity index is 2.12. The number of ether oxygens (including phenoxy) is 1. The first kappa shape index (κ1) is 16.3. The summed E-state index contributed by atoms with van der Waals surface area (Å²) in [6.45, 7) is 0.621. The summed E-state index contributed by atoms with van der Waals surface area (Å²) >= 11 is 0. The molecule has 0 heterocycles. The van der Waals surface area contributed by atoms with Crippen LogP contribution in [0.15, 0.2) is 36.4 Å². The molecule has 0 saturated heterocycles. The number of rotatable bonds is 7. The Morgan fingerprint density at radius 3 is 2.77 bits per heavy atom. The highest BCUT2D eigenvalue weighted by atomic mass is 16.5. The smallest absolute Gasteiger partial charge is 0.241 e. The minimum Gasteiger partial charge on any atom is -0.496 e. The molecule has 2 aromatic carbocycles. The van der Waals surface area contributed by atoms with Crippen LogP contribution in [0.4, 0.5) is 5.69 Å². The van der Waals surface area contributed by atoms with E-state index in [-0.39, 0.29) is 5.91 Å². The fourth-order valence-corrected chi connectivity index (χ4v) is 2.39. The second-order valence-corrected chi connectivity index (χ2v) is 5.28. The molecule has 2 aromatic rings. The van der Waals surface area contributed by atoms with Crippen molar-refractivity contribution in [2.45, 2.75) is 25.3 Å². The molecule has 0 aromatic heterocycles. The number of anilines is 1. The van der Waals surface area contributed by atoms with Gasteiger partial charge in [-0.3, -0.25) is 4.79 Å². The number of fused-ring (bicyclic) bond motifs is 1. The van der Waals surface area contributed by atoms with Crippen LogP contribution >= 0.6 is 0 Å². The van der Waals surface area contributed by atoms with Gasteiger partial charge in [-0.05, 0) is 30.8 Å². The van der Waals surface area contributed by atoms with E-state index >= 15 is 0 Å². The fourth-order valence-electron chi connectivity index (χ4n) is 2.39. The molecule has 0 saturated carbocycles. The van der Waals surface area contributed by atoms with E-state index < -0.39 is 6.04 Å². The van der Waals surface area contributed by atoms with Gasteiger partial charge in [0.1, 0.15) is 5.75 Å². The summed E-state index contributed by atoms with van der Waals surface area (Å²) in [7, 11) is 1.62. The van der Waals surface area contributed by atoms with Crippen LogP contribution in [0, 0.1) is 0 Å². The molecule has 5 N–H and O–H groups in total. The third-order valence-corrected chi connectivity index (χ3v) is 3.62. The van der Waals surface area contributed by atoms with Crippen LogP contribution in [0.1, 0.15) is 19.3 Å². The fraction of sp³-hybridized carbons (Fsp3) is 0.353. The lowest BCUT2D eigenvalue weighted by atomic mass is 10.1. The highest BCUT2D eigenvalue weighted by Crippen LogP contribution is 2.29. The van der Waals surface area contributed by atoms with E-state index in [0.717, 1.165) is 29.4 Å². The Hall–Kier alpha value is -2.11. The van der Waals surface area contributed by atoms with Gasteiger partial charge in [0.25, 0.3) is 0 Å². The zero-order chi connectivity index (χ0) is 15.9. The normalized spacial score (nSPS) is 12.1. The Kier molecular flexibility index (Phi) is 5.75. The maximum atomic E-state index is 12.1. The number of methoxy groups -OCH3 is 1. The maximum Gasteiger partial charge on any atom is 0.241 e. The molecule has 1 atom stereocenters. The minimum absolute atomic E-state index is 0.186. The van der Waals surface area contributed by atoms with Crippen molar-refractivity contribution in [3.8, 4) is 5.75 Å². The van der Waals surface area contributed by atoms with E-state index in [4.69, 9.17) is 16.2 Å². The number of benzene rings is 2. The average molecular weight is 301 g/mol. The van der Waals surface area contributed by atoms with Crippen LogP contribution in [0.5, 0.6) is 5.75 Å². The van der Waals surface area contributed by atoms with Gasteiger partial charge < -0.3 is 21.5 Å². The number of carbonyl (C=O) groups is 1. The molecule has 118 valence electrons. The Morgan fingerprint density at radius 2 is 2.05 bits per heavy atom. The molecule has 0 aliphatic carbocycles. The van der Waals surface area contributed by atoms with E-state index in [1.54, 1.807) is 7.11 Å². The first-order valence-electron chi connectivity index (χ1n) is 7.49. The minimum atomic E-state index is -0.524. The van der Waals surface area contributed by atoms with Gasteiger partial charge >= 0.3 is 0 Å². The zero-order valence-corrected chi connectivity index (χ0v) is 12.8. The summed E-state index contributed by atoms with van der Waals surface area (Å²) < 4.78 is 5.39. The molecule has 0 aliphatic heterocycles. The zero-order valence-electron chi connectivity index (χ0n) is 12.8. The van der Waals surface area contributed by atoms with E-state index in [9.17, 15) is 4.79 Å². The molecule has 0 unspecified atom stereocenters. The molecule has 5 heteroatoms. The van der Waals surface area contributed by atoms with Gasteiger partial charge in [0.05, 0.1) is 13.2 Å². The summed E-state index contributed by atoms with van der Waals surface area (Å²) in [4.78, 5) is 12.1. The van der Waals surface area contributed by atoms with Crippen LogP contribution in [0.25, 0.3) is 10.8 Å². The lowest BCUT2D eigenvalue weighted by molar-refractivity contribution is -0.117. The molecule has 0 fully saturated rings. The Bertz CT molecular complexity index is 643. The van der Waals surface area contributed by atoms with Gasteiger partial charge in [-0.1, -0.05) is 30.7 Å². The molecule has 22 heavy (non-hydrogen) atoms. The lowest BCUT2D eigenvalue weighted by Gasteiger charge is -2.14. The van der Waals surface area contributed by atoms with Gasteiger partial charge in [0, 0.05) is 17.1 Å². The van der Waals surface area contributed by atoms with Gasteiger partial charge in [0.2, 0.25) is 5.91 Å². The van der Waals surface area contributed by atoms with Crippen LogP contribution < -0.4 is 21.5 Å². The molecule has 5 nitrogen and oxygen atoms in total. The quantitative estimate of drug-likeness (QED) is 0.684. The van der Waals surface area contributed by atoms with Gasteiger partial charge in [0.15, 0.2) is 0 Å². The summed E-state index contributed by atoms with van der Waals surface area (Å²) in [5.41, 5.74) is 12.0. The Morgan fingerprint density at radius 1 is 1.27 bits per heavy atom. The van der Waals surface area contributed by atoms with Gasteiger partial charge in [-0.25, -0.2) is 0 Å². The summed E-state index contributed by atoms with van der Waals surface area (Å²) in [5, 5.41) is 4.88. The molecule has 0 aliphatic rings. The highest BCUT2D eigenvalue weighted by molar-refractivity contribution is 5.99. The first-order chi connectivity index (χ1) is 10.7. The first-order valence-corrected chi connectivity index (χ1v) is 7.49. The maximum absolute atomic E-state index is 12.1. The lowest BCUT2D eigenvalue weighted by Crippen LogP contribution is -2.35. The number of carbonyl (C=O) groups excluding carboxylic acids is 1. The standard InChI is InChI=1S/C17H23N3O2/c1-22-16-11-13(10-12-6-2-3-7-14(12)16)20-17(21)15(19)8-4-5-9-18/h2-3,6-7,10-11,15H,4-5,8-9,18-19H2,1H3,(H,20,21)/t15-/m0/s1. The largest absolute Gasteiger partial charge is 0.496 e. The summed E-state index contributed by atoms with van der Waals surface area (Å²) in [5.74, 6) is 0.541. The second-order valence-electron chi connectivity index (χ2n) is 5.28. The second kappa shape index (κ2) is 7.77. The predicted molar refractivity (Wildman–Crippen MR) is 90.0 cm³/mol. The van der Waals surface area contributed by atoms with Crippen molar-refractivity contribution < 1.29 is 9.53 Å². The Labute approximate surface area is 130 Å². The van der Waals surface area contributed by atoms with Crippen LogP contribution in [-0.4, -0.2) is 25.6 Å². The van der Waals surface area contributed by atoms with Crippen molar-refractivity contribution in [2.24, 2.45) is 11.5 Å². The van der Waals surface area contributed by atoms with Crippen molar-refractivity contribution in [3.63, 3.8) is 0 Å². The van der Waals surface area contributed by atoms with E-state index in [1.807, 2.05) is 36.4 Å². The topological polar surface area (TPSA) is 90.4 Å². The third kappa shape index (κ3) is 3.96.